The maximum atomic E-state index is 12.1. The fraction of sp³-hybridized carbons (Fsp3) is 0.0667. The van der Waals surface area contributed by atoms with Crippen molar-refractivity contribution in [3.05, 3.63) is 74.8 Å². The number of carboxylic acids is 1. The highest BCUT2D eigenvalue weighted by molar-refractivity contribution is 6.35. The molecule has 0 bridgehead atoms. The van der Waals surface area contributed by atoms with Gasteiger partial charge in [0.15, 0.2) is 5.78 Å². The molecule has 0 aromatic heterocycles. The maximum absolute atomic E-state index is 12.1. The molecular weight excluding hydrogens is 310 g/mol. The zero-order valence-electron chi connectivity index (χ0n) is 11.5. The molecule has 0 saturated heterocycles. The molecule has 7 heteroatoms. The molecule has 0 heterocycles. The van der Waals surface area contributed by atoms with E-state index in [9.17, 15) is 14.9 Å². The highest BCUT2D eigenvalue weighted by atomic mass is 35.5. The van der Waals surface area contributed by atoms with Crippen LogP contribution in [0.25, 0.3) is 0 Å². The van der Waals surface area contributed by atoms with Gasteiger partial charge in [0.05, 0.1) is 9.95 Å². The molecule has 0 saturated carbocycles. The van der Waals surface area contributed by atoms with Crippen LogP contribution in [-0.2, 0) is 4.79 Å². The molecule has 114 valence electrons. The van der Waals surface area contributed by atoms with Crippen molar-refractivity contribution in [3.63, 3.8) is 0 Å². The van der Waals surface area contributed by atoms with Gasteiger partial charge >= 0.3 is 0 Å². The van der Waals surface area contributed by atoms with Crippen LogP contribution in [0.3, 0.4) is 0 Å². The van der Waals surface area contributed by atoms with Crippen LogP contribution >= 0.6 is 11.6 Å². The van der Waals surface area contributed by atoms with Crippen molar-refractivity contribution in [2.45, 2.75) is 6.92 Å². The van der Waals surface area contributed by atoms with Crippen molar-refractivity contribution in [2.75, 3.05) is 0 Å². The lowest BCUT2D eigenvalue weighted by Crippen LogP contribution is -2.03. The minimum atomic E-state index is -0.833. The third-order valence-corrected chi connectivity index (χ3v) is 2.77. The summed E-state index contributed by atoms with van der Waals surface area (Å²) in [5.74, 6) is -1.16. The largest absolute Gasteiger partial charge is 0.481 e. The Morgan fingerprint density at radius 1 is 1.14 bits per heavy atom. The third-order valence-electron chi connectivity index (χ3n) is 2.44. The Morgan fingerprint density at radius 2 is 1.68 bits per heavy atom. The first-order valence-corrected chi connectivity index (χ1v) is 6.44. The molecule has 0 radical (unpaired) electrons. The van der Waals surface area contributed by atoms with Gasteiger partial charge in [-0.1, -0.05) is 41.9 Å². The van der Waals surface area contributed by atoms with Crippen molar-refractivity contribution >= 4 is 29.0 Å². The molecular formula is C15H12ClNO5. The van der Waals surface area contributed by atoms with Crippen LogP contribution in [0.15, 0.2) is 48.5 Å². The summed E-state index contributed by atoms with van der Waals surface area (Å²) in [6.07, 6.45) is 0. The number of nitro groups is 1. The van der Waals surface area contributed by atoms with Crippen LogP contribution in [0, 0.1) is 10.1 Å². The molecule has 22 heavy (non-hydrogen) atoms. The number of carbonyl (C=O) groups is 2. The van der Waals surface area contributed by atoms with Crippen molar-refractivity contribution in [3.8, 4) is 0 Å². The first-order valence-electron chi connectivity index (χ1n) is 6.06. The lowest BCUT2D eigenvalue weighted by atomic mass is 10.0. The molecule has 0 atom stereocenters. The molecule has 2 aromatic rings. The van der Waals surface area contributed by atoms with E-state index in [-0.39, 0.29) is 22.1 Å². The van der Waals surface area contributed by atoms with Gasteiger partial charge in [0, 0.05) is 30.2 Å². The quantitative estimate of drug-likeness (QED) is 0.529. The zero-order chi connectivity index (χ0) is 16.7. The van der Waals surface area contributed by atoms with Crippen LogP contribution in [0.4, 0.5) is 5.69 Å². The van der Waals surface area contributed by atoms with Gasteiger partial charge in [-0.2, -0.15) is 0 Å². The van der Waals surface area contributed by atoms with E-state index < -0.39 is 10.9 Å². The van der Waals surface area contributed by atoms with Crippen molar-refractivity contribution in [2.24, 2.45) is 0 Å². The number of nitrogens with zero attached hydrogens (tertiary/aromatic N) is 1. The van der Waals surface area contributed by atoms with Crippen LogP contribution in [0.5, 0.6) is 0 Å². The van der Waals surface area contributed by atoms with Gasteiger partial charge in [-0.15, -0.1) is 0 Å². The summed E-state index contributed by atoms with van der Waals surface area (Å²) in [6, 6.07) is 12.3. The van der Waals surface area contributed by atoms with E-state index in [0.717, 1.165) is 6.92 Å². The van der Waals surface area contributed by atoms with E-state index in [1.165, 1.54) is 18.2 Å². The molecule has 0 amide bonds. The Hall–Kier alpha value is -2.73. The number of hydrogen-bond donors (Lipinski definition) is 1. The van der Waals surface area contributed by atoms with E-state index in [4.69, 9.17) is 21.5 Å². The predicted octanol–water partition coefficient (Wildman–Crippen LogP) is 3.57. The number of aliphatic carboxylic acids is 1. The highest BCUT2D eigenvalue weighted by Crippen LogP contribution is 2.24. The van der Waals surface area contributed by atoms with E-state index >= 15 is 0 Å². The summed E-state index contributed by atoms with van der Waals surface area (Å²) >= 11 is 5.90. The number of rotatable bonds is 3. The number of benzene rings is 2. The van der Waals surface area contributed by atoms with Crippen LogP contribution in [-0.4, -0.2) is 21.8 Å². The summed E-state index contributed by atoms with van der Waals surface area (Å²) in [5.41, 5.74) is 0.427. The van der Waals surface area contributed by atoms with Gasteiger partial charge in [0.2, 0.25) is 0 Å². The number of nitro benzene ring substituents is 1. The Morgan fingerprint density at radius 3 is 2.18 bits per heavy atom. The number of non-ortho nitro benzene ring substituents is 1. The first kappa shape index (κ1) is 17.3. The second-order valence-corrected chi connectivity index (χ2v) is 4.54. The fourth-order valence-corrected chi connectivity index (χ4v) is 1.75. The number of carbonyl (C=O) groups excluding carboxylic acids is 1. The van der Waals surface area contributed by atoms with E-state index in [0.29, 0.717) is 5.56 Å². The Labute approximate surface area is 131 Å². The smallest absolute Gasteiger partial charge is 0.300 e. The molecule has 0 aliphatic heterocycles. The number of carboxylic acid groups (broad SMARTS) is 1. The SMILES string of the molecule is CC(=O)O.O=C(c1ccccc1)c1cc([N+](=O)[O-])ccc1Cl. The fourth-order valence-electron chi connectivity index (χ4n) is 1.55. The van der Waals surface area contributed by atoms with E-state index in [2.05, 4.69) is 0 Å². The summed E-state index contributed by atoms with van der Waals surface area (Å²) in [7, 11) is 0. The van der Waals surface area contributed by atoms with E-state index in [1.54, 1.807) is 30.3 Å². The van der Waals surface area contributed by atoms with Gasteiger partial charge in [0.1, 0.15) is 0 Å². The summed E-state index contributed by atoms with van der Waals surface area (Å²) in [6.45, 7) is 1.08. The lowest BCUT2D eigenvalue weighted by molar-refractivity contribution is -0.384. The van der Waals surface area contributed by atoms with Crippen molar-refractivity contribution < 1.29 is 19.6 Å². The Bertz CT molecular complexity index is 696. The van der Waals surface area contributed by atoms with Gasteiger partial charge in [-0.3, -0.25) is 19.7 Å². The van der Waals surface area contributed by atoms with Crippen LogP contribution in [0.2, 0.25) is 5.02 Å². The molecule has 6 nitrogen and oxygen atoms in total. The molecule has 0 aliphatic carbocycles. The number of ketones is 1. The molecule has 0 fully saturated rings. The molecule has 0 aliphatic rings. The zero-order valence-corrected chi connectivity index (χ0v) is 12.3. The average molecular weight is 322 g/mol. The van der Waals surface area contributed by atoms with Crippen molar-refractivity contribution in [1.82, 2.24) is 0 Å². The molecule has 0 unspecified atom stereocenters. The molecule has 1 N–H and O–H groups in total. The third kappa shape index (κ3) is 4.99. The van der Waals surface area contributed by atoms with Gasteiger partial charge in [0.25, 0.3) is 11.7 Å². The minimum absolute atomic E-state index is 0.136. The summed E-state index contributed by atoms with van der Waals surface area (Å²) in [4.78, 5) is 31.3. The Kier molecular flexibility index (Phi) is 6.22. The Balaban J connectivity index is 0.000000541. The van der Waals surface area contributed by atoms with Crippen LogP contribution < -0.4 is 0 Å². The molecule has 0 spiro atoms. The van der Waals surface area contributed by atoms with Gasteiger partial charge in [-0.05, 0) is 6.07 Å². The first-order chi connectivity index (χ1) is 10.3. The van der Waals surface area contributed by atoms with E-state index in [1.807, 2.05) is 0 Å². The van der Waals surface area contributed by atoms with Gasteiger partial charge in [-0.25, -0.2) is 0 Å². The second kappa shape index (κ2) is 7.90. The predicted molar refractivity (Wildman–Crippen MR) is 81.3 cm³/mol. The number of halogens is 1. The topological polar surface area (TPSA) is 97.5 Å². The summed E-state index contributed by atoms with van der Waals surface area (Å²) in [5, 5.41) is 18.3. The molecule has 2 aromatic carbocycles. The average Bonchev–Trinajstić information content (AvgIpc) is 2.47. The monoisotopic (exact) mass is 321 g/mol. The standard InChI is InChI=1S/C13H8ClNO3.C2H4O2/c14-12-7-6-10(15(17)18)8-11(12)13(16)9-4-2-1-3-5-9;1-2(3)4/h1-8H;1H3,(H,3,4). The normalized spacial score (nSPS) is 9.36. The van der Waals surface area contributed by atoms with Gasteiger partial charge < -0.3 is 5.11 Å². The second-order valence-electron chi connectivity index (χ2n) is 4.14. The van der Waals surface area contributed by atoms with Crippen molar-refractivity contribution in [1.29, 1.82) is 0 Å². The minimum Gasteiger partial charge on any atom is -0.481 e. The lowest BCUT2D eigenvalue weighted by Gasteiger charge is -2.03. The van der Waals surface area contributed by atoms with Crippen LogP contribution in [0.1, 0.15) is 22.8 Å². The summed E-state index contributed by atoms with van der Waals surface area (Å²) < 4.78 is 0. The molecule has 2 rings (SSSR count). The maximum Gasteiger partial charge on any atom is 0.300 e. The highest BCUT2D eigenvalue weighted by Gasteiger charge is 2.16. The number of hydrogen-bond acceptors (Lipinski definition) is 4.